The normalized spacial score (nSPS) is 10.8. The van der Waals surface area contributed by atoms with Crippen molar-refractivity contribution in [1.82, 2.24) is 9.97 Å². The van der Waals surface area contributed by atoms with Gasteiger partial charge in [-0.05, 0) is 42.4 Å². The number of hydrogen-bond acceptors (Lipinski definition) is 6. The predicted molar refractivity (Wildman–Crippen MR) is 84.7 cm³/mol. The number of nitro groups is 2. The van der Waals surface area contributed by atoms with Gasteiger partial charge in [-0.2, -0.15) is 0 Å². The van der Waals surface area contributed by atoms with Crippen molar-refractivity contribution in [3.05, 3.63) is 62.2 Å². The third-order valence-electron chi connectivity index (χ3n) is 3.17. The quantitative estimate of drug-likeness (QED) is 0.574. The van der Waals surface area contributed by atoms with Crippen LogP contribution in [0.15, 0.2) is 46.5 Å². The van der Waals surface area contributed by atoms with E-state index in [0.717, 1.165) is 34.4 Å². The summed E-state index contributed by atoms with van der Waals surface area (Å²) in [5, 5.41) is 22.4. The molecule has 0 fully saturated rings. The average Bonchev–Trinajstić information content (AvgIpc) is 2.88. The fourth-order valence-electron chi connectivity index (χ4n) is 2.10. The van der Waals surface area contributed by atoms with E-state index >= 15 is 0 Å². The maximum absolute atomic E-state index is 11.1. The summed E-state index contributed by atoms with van der Waals surface area (Å²) in [6.45, 7) is 1.95. The standard InChI is InChI=1S/C14H10N4O4S/c1-8-2-4-10-11(6-8)16-14(15-10)23-13-5-3-9(17(19)20)7-12(13)18(21)22/h2-7H,1H3,(H,15,16). The number of hydrogen-bond donors (Lipinski definition) is 1. The van der Waals surface area contributed by atoms with E-state index in [1.807, 2.05) is 25.1 Å². The number of fused-ring (bicyclic) bond motifs is 1. The number of rotatable bonds is 4. The zero-order chi connectivity index (χ0) is 16.6. The SMILES string of the molecule is Cc1ccc2nc(Sc3ccc([N+](=O)[O-])cc3[N+](=O)[O-])[nH]c2c1. The summed E-state index contributed by atoms with van der Waals surface area (Å²) in [5.74, 6) is 0. The lowest BCUT2D eigenvalue weighted by atomic mass is 10.2. The van der Waals surface area contributed by atoms with Gasteiger partial charge in [0.25, 0.3) is 11.4 Å². The molecule has 1 heterocycles. The number of benzene rings is 2. The van der Waals surface area contributed by atoms with E-state index in [1.165, 1.54) is 12.1 Å². The minimum Gasteiger partial charge on any atom is -0.333 e. The van der Waals surface area contributed by atoms with E-state index in [9.17, 15) is 20.2 Å². The first-order chi connectivity index (χ1) is 10.9. The van der Waals surface area contributed by atoms with Crippen LogP contribution >= 0.6 is 11.8 Å². The first-order valence-electron chi connectivity index (χ1n) is 6.51. The minimum absolute atomic E-state index is 0.288. The van der Waals surface area contributed by atoms with E-state index in [1.54, 1.807) is 0 Å². The Kier molecular flexibility index (Phi) is 3.70. The lowest BCUT2D eigenvalue weighted by Crippen LogP contribution is -1.94. The Hall–Kier alpha value is -2.94. The van der Waals surface area contributed by atoms with E-state index < -0.39 is 9.85 Å². The minimum atomic E-state index is -0.661. The van der Waals surface area contributed by atoms with Crippen molar-refractivity contribution in [2.75, 3.05) is 0 Å². The molecule has 1 aromatic heterocycles. The molecule has 0 aliphatic carbocycles. The van der Waals surface area contributed by atoms with Gasteiger partial charge in [-0.3, -0.25) is 20.2 Å². The molecule has 0 spiro atoms. The Bertz CT molecular complexity index is 938. The van der Waals surface area contributed by atoms with Gasteiger partial charge in [0, 0.05) is 6.07 Å². The maximum atomic E-state index is 11.1. The van der Waals surface area contributed by atoms with Crippen LogP contribution in [0.5, 0.6) is 0 Å². The molecule has 0 aliphatic heterocycles. The van der Waals surface area contributed by atoms with Gasteiger partial charge >= 0.3 is 0 Å². The number of aromatic nitrogens is 2. The van der Waals surface area contributed by atoms with Crippen molar-refractivity contribution in [3.8, 4) is 0 Å². The lowest BCUT2D eigenvalue weighted by Gasteiger charge is -2.00. The third-order valence-corrected chi connectivity index (χ3v) is 4.12. The van der Waals surface area contributed by atoms with Crippen LogP contribution in [0.4, 0.5) is 11.4 Å². The number of aryl methyl sites for hydroxylation is 1. The highest BCUT2D eigenvalue weighted by molar-refractivity contribution is 7.99. The van der Waals surface area contributed by atoms with E-state index in [-0.39, 0.29) is 16.3 Å². The fraction of sp³-hybridized carbons (Fsp3) is 0.0714. The molecule has 23 heavy (non-hydrogen) atoms. The number of nitrogens with zero attached hydrogens (tertiary/aromatic N) is 3. The molecule has 0 radical (unpaired) electrons. The highest BCUT2D eigenvalue weighted by atomic mass is 32.2. The first-order valence-corrected chi connectivity index (χ1v) is 7.33. The Labute approximate surface area is 133 Å². The van der Waals surface area contributed by atoms with Gasteiger partial charge in [0.2, 0.25) is 0 Å². The second kappa shape index (κ2) is 5.69. The molecule has 0 atom stereocenters. The van der Waals surface area contributed by atoms with E-state index in [2.05, 4.69) is 9.97 Å². The Balaban J connectivity index is 2.00. The molecule has 8 nitrogen and oxygen atoms in total. The van der Waals surface area contributed by atoms with E-state index in [4.69, 9.17) is 0 Å². The molecule has 1 N–H and O–H groups in total. The van der Waals surface area contributed by atoms with Crippen molar-refractivity contribution in [1.29, 1.82) is 0 Å². The number of imidazole rings is 1. The Morgan fingerprint density at radius 3 is 2.57 bits per heavy atom. The summed E-state index contributed by atoms with van der Waals surface area (Å²) in [6.07, 6.45) is 0. The molecular formula is C14H10N4O4S. The van der Waals surface area contributed by atoms with Gasteiger partial charge in [-0.15, -0.1) is 0 Å². The van der Waals surface area contributed by atoms with Gasteiger partial charge in [0.15, 0.2) is 5.16 Å². The van der Waals surface area contributed by atoms with Gasteiger partial charge in [-0.25, -0.2) is 4.98 Å². The van der Waals surface area contributed by atoms with Crippen LogP contribution in [-0.2, 0) is 0 Å². The summed E-state index contributed by atoms with van der Waals surface area (Å²) in [5.41, 5.74) is 2.01. The van der Waals surface area contributed by atoms with E-state index in [0.29, 0.717) is 5.16 Å². The van der Waals surface area contributed by atoms with Gasteiger partial charge in [-0.1, -0.05) is 6.07 Å². The summed E-state index contributed by atoms with van der Waals surface area (Å²) in [4.78, 5) is 28.3. The molecule has 3 aromatic rings. The highest BCUT2D eigenvalue weighted by Crippen LogP contribution is 2.36. The molecule has 0 unspecified atom stereocenters. The largest absolute Gasteiger partial charge is 0.333 e. The van der Waals surface area contributed by atoms with Gasteiger partial charge in [0.05, 0.1) is 31.8 Å². The molecule has 0 aliphatic rings. The molecule has 2 aromatic carbocycles. The molecule has 0 bridgehead atoms. The molecule has 3 rings (SSSR count). The van der Waals surface area contributed by atoms with Gasteiger partial charge < -0.3 is 4.98 Å². The van der Waals surface area contributed by atoms with Crippen LogP contribution in [0.2, 0.25) is 0 Å². The topological polar surface area (TPSA) is 115 Å². The predicted octanol–water partition coefficient (Wildman–Crippen LogP) is 3.84. The summed E-state index contributed by atoms with van der Waals surface area (Å²) in [6, 6.07) is 9.26. The Morgan fingerprint density at radius 2 is 1.87 bits per heavy atom. The number of nitrogens with one attached hydrogen (secondary N) is 1. The average molecular weight is 330 g/mol. The number of aromatic amines is 1. The van der Waals surface area contributed by atoms with Crippen LogP contribution in [0.3, 0.4) is 0 Å². The molecule has 116 valence electrons. The fourth-order valence-corrected chi connectivity index (χ4v) is 2.99. The number of H-pyrrole nitrogens is 1. The molecule has 9 heteroatoms. The smallest absolute Gasteiger partial charge is 0.290 e. The number of nitro benzene ring substituents is 2. The zero-order valence-electron chi connectivity index (χ0n) is 11.8. The maximum Gasteiger partial charge on any atom is 0.290 e. The summed E-state index contributed by atoms with van der Waals surface area (Å²) in [7, 11) is 0. The van der Waals surface area contributed by atoms with Crippen LogP contribution in [0.25, 0.3) is 11.0 Å². The van der Waals surface area contributed by atoms with Crippen LogP contribution in [0.1, 0.15) is 5.56 Å². The van der Waals surface area contributed by atoms with Crippen LogP contribution in [0, 0.1) is 27.2 Å². The molecule has 0 saturated carbocycles. The molecule has 0 saturated heterocycles. The van der Waals surface area contributed by atoms with Crippen molar-refractivity contribution < 1.29 is 9.85 Å². The van der Waals surface area contributed by atoms with Crippen LogP contribution in [-0.4, -0.2) is 19.8 Å². The lowest BCUT2D eigenvalue weighted by molar-refractivity contribution is -0.396. The van der Waals surface area contributed by atoms with Crippen LogP contribution < -0.4 is 0 Å². The summed E-state index contributed by atoms with van der Waals surface area (Å²) < 4.78 is 0. The second-order valence-corrected chi connectivity index (χ2v) is 5.86. The molecule has 0 amide bonds. The molecular weight excluding hydrogens is 320 g/mol. The second-order valence-electron chi connectivity index (χ2n) is 4.83. The number of non-ortho nitro benzene ring substituents is 1. The van der Waals surface area contributed by atoms with Gasteiger partial charge in [0.1, 0.15) is 0 Å². The van der Waals surface area contributed by atoms with Crippen molar-refractivity contribution in [3.63, 3.8) is 0 Å². The van der Waals surface area contributed by atoms with Crippen molar-refractivity contribution in [2.45, 2.75) is 17.0 Å². The summed E-state index contributed by atoms with van der Waals surface area (Å²) >= 11 is 1.06. The monoisotopic (exact) mass is 330 g/mol. The van der Waals surface area contributed by atoms with Crippen molar-refractivity contribution in [2.24, 2.45) is 0 Å². The third kappa shape index (κ3) is 2.99. The highest BCUT2D eigenvalue weighted by Gasteiger charge is 2.21. The Morgan fingerprint density at radius 1 is 1.09 bits per heavy atom. The zero-order valence-corrected chi connectivity index (χ0v) is 12.7. The first kappa shape index (κ1) is 15.0. The van der Waals surface area contributed by atoms with Crippen molar-refractivity contribution >= 4 is 34.2 Å².